The first-order valence-corrected chi connectivity index (χ1v) is 13.1. The molecule has 3 heterocycles. The molecule has 214 valence electrons. The van der Waals surface area contributed by atoms with Crippen LogP contribution in [0.3, 0.4) is 0 Å². The molecule has 0 bridgehead atoms. The van der Waals surface area contributed by atoms with Crippen molar-refractivity contribution >= 4 is 13.8 Å². The second-order valence-electron chi connectivity index (χ2n) is 8.31. The summed E-state index contributed by atoms with van der Waals surface area (Å²) in [6, 6.07) is 0. The highest BCUT2D eigenvalue weighted by molar-refractivity contribution is 7.55. The van der Waals surface area contributed by atoms with Crippen LogP contribution in [0.15, 0.2) is 6.20 Å². The van der Waals surface area contributed by atoms with Crippen molar-refractivity contribution in [1.82, 2.24) is 15.0 Å². The van der Waals surface area contributed by atoms with E-state index in [4.69, 9.17) is 28.0 Å². The van der Waals surface area contributed by atoms with Crippen LogP contribution >= 0.6 is 8.38 Å². The molecule has 0 radical (unpaired) electrons. The third kappa shape index (κ3) is 7.38. The Labute approximate surface area is 214 Å². The van der Waals surface area contributed by atoms with E-state index in [1.54, 1.807) is 6.20 Å². The predicted octanol–water partition coefficient (Wildman–Crippen LogP) is -4.07. The van der Waals surface area contributed by atoms with Gasteiger partial charge in [-0.15, -0.1) is 5.10 Å². The van der Waals surface area contributed by atoms with Crippen molar-refractivity contribution in [3.63, 3.8) is 0 Å². The van der Waals surface area contributed by atoms with Crippen LogP contribution < -0.4 is 5.44 Å². The van der Waals surface area contributed by atoms with Crippen LogP contribution in [0.1, 0.15) is 13.8 Å². The summed E-state index contributed by atoms with van der Waals surface area (Å²) >= 11 is 0. The largest absolute Gasteiger partial charge is 0.394 e. The van der Waals surface area contributed by atoms with Crippen molar-refractivity contribution < 1.29 is 63.7 Å². The van der Waals surface area contributed by atoms with Gasteiger partial charge in [0.2, 0.25) is 8.38 Å². The maximum Gasteiger partial charge on any atom is 0.228 e. The van der Waals surface area contributed by atoms with Crippen LogP contribution in [0.4, 0.5) is 0 Å². The Bertz CT molecular complexity index is 799. The molecule has 1 aromatic heterocycles. The number of ether oxygens (including phenoxy) is 4. The standard InChI is InChI=1S/C20H36N3O13P/c1-3-32-37(33-4-2)12-7-23(22-21-12)5-6-31-19-17(30)15(28)18(11(9-25)35-19)36-20-16(29)14(27)13(26)10(8-24)34-20/h7,10-11,13-20,24-30H,3-6,8-9H2,1-2H3/t10-,11-,13+,14+,15-,16-,17-,18-,19-,20+/m1/s1. The maximum atomic E-state index is 10.7. The minimum absolute atomic E-state index is 0.00513. The Hall–Kier alpha value is -0.950. The van der Waals surface area contributed by atoms with Crippen LogP contribution in [0.5, 0.6) is 0 Å². The van der Waals surface area contributed by atoms with Gasteiger partial charge in [0.15, 0.2) is 18.0 Å². The topological polar surface area (TPSA) is 228 Å². The van der Waals surface area contributed by atoms with Crippen LogP contribution in [0, 0.1) is 0 Å². The highest BCUT2D eigenvalue weighted by Gasteiger charge is 2.50. The van der Waals surface area contributed by atoms with Gasteiger partial charge in [0.1, 0.15) is 48.8 Å². The van der Waals surface area contributed by atoms with Crippen LogP contribution in [-0.2, 0) is 34.5 Å². The zero-order chi connectivity index (χ0) is 27.1. The fourth-order valence-corrected chi connectivity index (χ4v) is 4.99. The van der Waals surface area contributed by atoms with Crippen molar-refractivity contribution in [2.75, 3.05) is 33.0 Å². The summed E-state index contributed by atoms with van der Waals surface area (Å²) in [5.74, 6) is 0. The van der Waals surface area contributed by atoms with Crippen LogP contribution in [-0.4, -0.2) is 145 Å². The summed E-state index contributed by atoms with van der Waals surface area (Å²) in [5.41, 5.74) is 0.539. The molecule has 2 saturated heterocycles. The van der Waals surface area contributed by atoms with E-state index in [0.29, 0.717) is 18.6 Å². The maximum absolute atomic E-state index is 10.7. The third-order valence-corrected chi connectivity index (χ3v) is 7.33. The highest BCUT2D eigenvalue weighted by atomic mass is 31.2. The van der Waals surface area contributed by atoms with E-state index in [0.717, 1.165) is 0 Å². The quantitative estimate of drug-likeness (QED) is 0.114. The monoisotopic (exact) mass is 557 g/mol. The molecule has 2 aliphatic rings. The molecule has 10 atom stereocenters. The number of nitrogens with zero attached hydrogens (tertiary/aromatic N) is 3. The molecular formula is C20H36N3O13P. The molecule has 0 unspecified atom stereocenters. The summed E-state index contributed by atoms with van der Waals surface area (Å²) in [7, 11) is -1.36. The van der Waals surface area contributed by atoms with E-state index in [-0.39, 0.29) is 13.2 Å². The van der Waals surface area contributed by atoms with E-state index in [1.165, 1.54) is 4.68 Å². The lowest BCUT2D eigenvalue weighted by Gasteiger charge is -2.45. The smallest absolute Gasteiger partial charge is 0.228 e. The minimum Gasteiger partial charge on any atom is -0.394 e. The van der Waals surface area contributed by atoms with Gasteiger partial charge in [-0.05, 0) is 13.8 Å². The number of rotatable bonds is 13. The lowest BCUT2D eigenvalue weighted by molar-refractivity contribution is -0.359. The molecule has 16 nitrogen and oxygen atoms in total. The summed E-state index contributed by atoms with van der Waals surface area (Å²) in [4.78, 5) is 0. The molecule has 3 rings (SSSR count). The first-order chi connectivity index (χ1) is 17.7. The van der Waals surface area contributed by atoms with Gasteiger partial charge < -0.3 is 63.7 Å². The number of hydrogen-bond acceptors (Lipinski definition) is 15. The molecule has 0 aromatic carbocycles. The average molecular weight is 557 g/mol. The molecule has 0 saturated carbocycles. The fraction of sp³-hybridized carbons (Fsp3) is 0.900. The van der Waals surface area contributed by atoms with Gasteiger partial charge in [-0.1, -0.05) is 5.21 Å². The zero-order valence-electron chi connectivity index (χ0n) is 20.5. The van der Waals surface area contributed by atoms with Crippen LogP contribution in [0.2, 0.25) is 0 Å². The first-order valence-electron chi connectivity index (χ1n) is 11.9. The van der Waals surface area contributed by atoms with Crippen molar-refractivity contribution in [1.29, 1.82) is 0 Å². The van der Waals surface area contributed by atoms with Crippen molar-refractivity contribution in [3.8, 4) is 0 Å². The molecule has 0 amide bonds. The van der Waals surface area contributed by atoms with Gasteiger partial charge in [0.25, 0.3) is 0 Å². The predicted molar refractivity (Wildman–Crippen MR) is 122 cm³/mol. The first kappa shape index (κ1) is 30.6. The van der Waals surface area contributed by atoms with E-state index in [9.17, 15) is 35.7 Å². The van der Waals surface area contributed by atoms with Crippen molar-refractivity contribution in [2.24, 2.45) is 0 Å². The second-order valence-corrected chi connectivity index (χ2v) is 9.80. The van der Waals surface area contributed by atoms with Gasteiger partial charge in [-0.25, -0.2) is 4.68 Å². The molecule has 2 aliphatic heterocycles. The zero-order valence-corrected chi connectivity index (χ0v) is 21.4. The Kier molecular flexibility index (Phi) is 11.9. The normalized spacial score (nSPS) is 36.8. The summed E-state index contributed by atoms with van der Waals surface area (Å²) in [6.45, 7) is 3.47. The van der Waals surface area contributed by atoms with Crippen molar-refractivity contribution in [2.45, 2.75) is 81.8 Å². The van der Waals surface area contributed by atoms with Gasteiger partial charge in [0.05, 0.1) is 45.8 Å². The van der Waals surface area contributed by atoms with Crippen molar-refractivity contribution in [3.05, 3.63) is 6.20 Å². The van der Waals surface area contributed by atoms with E-state index in [2.05, 4.69) is 10.3 Å². The Morgan fingerprint density at radius 3 is 2.11 bits per heavy atom. The van der Waals surface area contributed by atoms with Gasteiger partial charge in [-0.3, -0.25) is 0 Å². The van der Waals surface area contributed by atoms with E-state index in [1.807, 2.05) is 13.8 Å². The summed E-state index contributed by atoms with van der Waals surface area (Å²) in [5, 5.41) is 78.4. The second kappa shape index (κ2) is 14.4. The molecule has 17 heteroatoms. The number of aliphatic hydroxyl groups excluding tert-OH is 7. The highest BCUT2D eigenvalue weighted by Crippen LogP contribution is 2.35. The molecule has 0 aliphatic carbocycles. The summed E-state index contributed by atoms with van der Waals surface area (Å²) < 4.78 is 34.5. The molecule has 0 spiro atoms. The lowest BCUT2D eigenvalue weighted by Crippen LogP contribution is -2.64. The SMILES string of the molecule is CCOP(OCC)c1cn(CCO[C@@H]2O[C@H](CO)[C@@H](O[C@@H]3O[C@H](CO)[C@H](O)[C@H](O)[C@H]3O)[C@H](O)[C@H]2O)nn1. The van der Waals surface area contributed by atoms with E-state index < -0.39 is 83.0 Å². The van der Waals surface area contributed by atoms with Gasteiger partial charge in [-0.2, -0.15) is 0 Å². The lowest BCUT2D eigenvalue weighted by atomic mass is 9.97. The third-order valence-electron chi connectivity index (χ3n) is 5.77. The summed E-state index contributed by atoms with van der Waals surface area (Å²) in [6.07, 6.45) is -13.5. The number of hydrogen-bond donors (Lipinski definition) is 7. The Morgan fingerprint density at radius 2 is 1.49 bits per heavy atom. The number of aliphatic hydroxyl groups is 7. The minimum atomic E-state index is -1.74. The Balaban J connectivity index is 1.56. The Morgan fingerprint density at radius 1 is 0.865 bits per heavy atom. The van der Waals surface area contributed by atoms with Gasteiger partial charge >= 0.3 is 0 Å². The average Bonchev–Trinajstić information content (AvgIpc) is 3.36. The fourth-order valence-electron chi connectivity index (χ4n) is 3.84. The van der Waals surface area contributed by atoms with E-state index >= 15 is 0 Å². The molecule has 1 aromatic rings. The molecule has 7 N–H and O–H groups in total. The van der Waals surface area contributed by atoms with Crippen LogP contribution in [0.25, 0.3) is 0 Å². The molecule has 37 heavy (non-hydrogen) atoms. The molecule has 2 fully saturated rings. The van der Waals surface area contributed by atoms with Gasteiger partial charge in [0, 0.05) is 0 Å². The number of aromatic nitrogens is 3. The molecular weight excluding hydrogens is 521 g/mol.